The van der Waals surface area contributed by atoms with Gasteiger partial charge in [-0.2, -0.15) is 11.8 Å². The molecule has 0 aliphatic rings. The van der Waals surface area contributed by atoms with E-state index in [2.05, 4.69) is 50.0 Å². The van der Waals surface area contributed by atoms with Gasteiger partial charge in [-0.05, 0) is 44.1 Å². The van der Waals surface area contributed by atoms with E-state index in [1.54, 1.807) is 0 Å². The van der Waals surface area contributed by atoms with E-state index in [9.17, 15) is 0 Å². The molecule has 0 spiro atoms. The van der Waals surface area contributed by atoms with Gasteiger partial charge in [-0.3, -0.25) is 0 Å². The molecule has 1 aromatic heterocycles. The minimum Gasteiger partial charge on any atom is -0.356 e. The van der Waals surface area contributed by atoms with Crippen molar-refractivity contribution in [1.82, 2.24) is 4.98 Å². The van der Waals surface area contributed by atoms with Crippen LogP contribution in [-0.2, 0) is 6.42 Å². The lowest BCUT2D eigenvalue weighted by Crippen LogP contribution is -2.32. The summed E-state index contributed by atoms with van der Waals surface area (Å²) in [7, 11) is 2.12. The Balaban J connectivity index is 2.82. The van der Waals surface area contributed by atoms with Crippen LogP contribution in [0, 0.1) is 6.92 Å². The van der Waals surface area contributed by atoms with Gasteiger partial charge in [0.15, 0.2) is 0 Å². The summed E-state index contributed by atoms with van der Waals surface area (Å²) in [6.07, 6.45) is 6.03. The van der Waals surface area contributed by atoms with E-state index in [1.807, 2.05) is 18.0 Å². The quantitative estimate of drug-likeness (QED) is 0.834. The Morgan fingerprint density at radius 2 is 2.16 bits per heavy atom. The molecule has 0 amide bonds. The zero-order valence-electron chi connectivity index (χ0n) is 12.8. The number of rotatable bonds is 7. The highest BCUT2D eigenvalue weighted by molar-refractivity contribution is 7.98. The fourth-order valence-corrected chi connectivity index (χ4v) is 2.82. The summed E-state index contributed by atoms with van der Waals surface area (Å²) in [5, 5.41) is 0. The molecule has 19 heavy (non-hydrogen) atoms. The van der Waals surface area contributed by atoms with E-state index >= 15 is 0 Å². The predicted octanol–water partition coefficient (Wildman–Crippen LogP) is 2.86. The smallest absolute Gasteiger partial charge is 0.131 e. The zero-order chi connectivity index (χ0) is 14.4. The lowest BCUT2D eigenvalue weighted by molar-refractivity contribution is 0.644. The van der Waals surface area contributed by atoms with E-state index in [1.165, 1.54) is 11.1 Å². The average molecular weight is 281 g/mol. The summed E-state index contributed by atoms with van der Waals surface area (Å²) in [5.41, 5.74) is 8.47. The summed E-state index contributed by atoms with van der Waals surface area (Å²) in [4.78, 5) is 6.89. The first-order valence-corrected chi connectivity index (χ1v) is 8.31. The Labute approximate surface area is 122 Å². The van der Waals surface area contributed by atoms with Gasteiger partial charge in [0, 0.05) is 31.1 Å². The molecule has 108 valence electrons. The lowest BCUT2D eigenvalue weighted by Gasteiger charge is -2.27. The molecule has 2 atom stereocenters. The molecular formula is C15H27N3S. The maximum atomic E-state index is 6.00. The van der Waals surface area contributed by atoms with Crippen LogP contribution in [0.25, 0.3) is 0 Å². The first-order valence-electron chi connectivity index (χ1n) is 6.92. The van der Waals surface area contributed by atoms with Crippen molar-refractivity contribution in [3.05, 3.63) is 23.4 Å². The first kappa shape index (κ1) is 16.3. The van der Waals surface area contributed by atoms with E-state index < -0.39 is 0 Å². The maximum Gasteiger partial charge on any atom is 0.131 e. The zero-order valence-corrected chi connectivity index (χ0v) is 13.6. The second-order valence-corrected chi connectivity index (χ2v) is 6.18. The highest BCUT2D eigenvalue weighted by Crippen LogP contribution is 2.20. The average Bonchev–Trinajstić information content (AvgIpc) is 2.38. The van der Waals surface area contributed by atoms with Crippen LogP contribution in [0.3, 0.4) is 0 Å². The minimum absolute atomic E-state index is 0.236. The second-order valence-electron chi connectivity index (χ2n) is 5.27. The van der Waals surface area contributed by atoms with Gasteiger partial charge >= 0.3 is 0 Å². The van der Waals surface area contributed by atoms with Gasteiger partial charge in [-0.1, -0.05) is 13.0 Å². The first-order chi connectivity index (χ1) is 8.99. The summed E-state index contributed by atoms with van der Waals surface area (Å²) in [6.45, 7) is 6.49. The summed E-state index contributed by atoms with van der Waals surface area (Å²) < 4.78 is 0. The molecule has 0 aliphatic carbocycles. The van der Waals surface area contributed by atoms with Crippen LogP contribution in [0.15, 0.2) is 12.3 Å². The predicted molar refractivity (Wildman–Crippen MR) is 87.2 cm³/mol. The number of hydrogen-bond acceptors (Lipinski definition) is 4. The van der Waals surface area contributed by atoms with Gasteiger partial charge in [-0.15, -0.1) is 0 Å². The SMILES string of the molecule is CCC(N)Cc1cnc(N(C)C(C)CSC)c(C)c1. The number of pyridine rings is 1. The van der Waals surface area contributed by atoms with Gasteiger partial charge < -0.3 is 10.6 Å². The van der Waals surface area contributed by atoms with E-state index in [0.717, 1.165) is 24.4 Å². The standard InChI is InChI=1S/C15H27N3S/c1-6-14(16)8-13-7-11(2)15(17-9-13)18(4)12(3)10-19-5/h7,9,12,14H,6,8,10,16H2,1-5H3. The van der Waals surface area contributed by atoms with Crippen molar-refractivity contribution in [2.45, 2.75) is 45.7 Å². The van der Waals surface area contributed by atoms with Gasteiger partial charge in [0.25, 0.3) is 0 Å². The third-order valence-corrected chi connectivity index (χ3v) is 4.35. The molecule has 0 radical (unpaired) electrons. The fraction of sp³-hybridized carbons (Fsp3) is 0.667. The number of hydrogen-bond donors (Lipinski definition) is 1. The van der Waals surface area contributed by atoms with Crippen LogP contribution >= 0.6 is 11.8 Å². The molecule has 1 rings (SSSR count). The number of anilines is 1. The maximum absolute atomic E-state index is 6.00. The Hall–Kier alpha value is -0.740. The Kier molecular flexibility index (Phi) is 6.66. The van der Waals surface area contributed by atoms with Crippen molar-refractivity contribution in [3.8, 4) is 0 Å². The van der Waals surface area contributed by atoms with E-state index in [-0.39, 0.29) is 6.04 Å². The molecule has 2 N–H and O–H groups in total. The van der Waals surface area contributed by atoms with E-state index in [4.69, 9.17) is 5.73 Å². The van der Waals surface area contributed by atoms with Crippen molar-refractivity contribution in [3.63, 3.8) is 0 Å². The molecule has 2 unspecified atom stereocenters. The van der Waals surface area contributed by atoms with Crippen LogP contribution in [0.5, 0.6) is 0 Å². The molecule has 0 saturated heterocycles. The van der Waals surface area contributed by atoms with Gasteiger partial charge in [0.05, 0.1) is 0 Å². The van der Waals surface area contributed by atoms with Gasteiger partial charge in [-0.25, -0.2) is 4.98 Å². The number of nitrogens with two attached hydrogens (primary N) is 1. The van der Waals surface area contributed by atoms with E-state index in [0.29, 0.717) is 6.04 Å². The molecule has 4 heteroatoms. The molecule has 0 bridgehead atoms. The highest BCUT2D eigenvalue weighted by atomic mass is 32.2. The number of aromatic nitrogens is 1. The van der Waals surface area contributed by atoms with Crippen LogP contribution < -0.4 is 10.6 Å². The molecule has 0 fully saturated rings. The van der Waals surface area contributed by atoms with Crippen LogP contribution in [0.2, 0.25) is 0 Å². The molecule has 1 heterocycles. The van der Waals surface area contributed by atoms with Crippen LogP contribution in [-0.4, -0.2) is 36.1 Å². The van der Waals surface area contributed by atoms with Crippen molar-refractivity contribution >= 4 is 17.6 Å². The Morgan fingerprint density at radius 3 is 2.68 bits per heavy atom. The van der Waals surface area contributed by atoms with Crippen LogP contribution in [0.1, 0.15) is 31.4 Å². The van der Waals surface area contributed by atoms with Crippen LogP contribution in [0.4, 0.5) is 5.82 Å². The number of aryl methyl sites for hydroxylation is 1. The fourth-order valence-electron chi connectivity index (χ4n) is 2.12. The summed E-state index contributed by atoms with van der Waals surface area (Å²) >= 11 is 1.87. The minimum atomic E-state index is 0.236. The largest absolute Gasteiger partial charge is 0.356 e. The monoisotopic (exact) mass is 281 g/mol. The lowest BCUT2D eigenvalue weighted by atomic mass is 10.0. The third-order valence-electron chi connectivity index (χ3n) is 3.53. The molecular weight excluding hydrogens is 254 g/mol. The number of nitrogens with zero attached hydrogens (tertiary/aromatic N) is 2. The highest BCUT2D eigenvalue weighted by Gasteiger charge is 2.13. The third kappa shape index (κ3) is 4.69. The molecule has 1 aromatic rings. The summed E-state index contributed by atoms with van der Waals surface area (Å²) in [6, 6.07) is 2.95. The molecule has 0 aromatic carbocycles. The van der Waals surface area contributed by atoms with Crippen molar-refractivity contribution in [2.24, 2.45) is 5.73 Å². The Morgan fingerprint density at radius 1 is 1.47 bits per heavy atom. The van der Waals surface area contributed by atoms with Crippen molar-refractivity contribution in [1.29, 1.82) is 0 Å². The molecule has 0 aliphatic heterocycles. The van der Waals surface area contributed by atoms with Gasteiger partial charge in [0.1, 0.15) is 5.82 Å². The van der Waals surface area contributed by atoms with Crippen molar-refractivity contribution < 1.29 is 0 Å². The number of thioether (sulfide) groups is 1. The molecule has 3 nitrogen and oxygen atoms in total. The topological polar surface area (TPSA) is 42.1 Å². The van der Waals surface area contributed by atoms with Gasteiger partial charge in [0.2, 0.25) is 0 Å². The Bertz CT molecular complexity index is 395. The molecule has 0 saturated carbocycles. The second kappa shape index (κ2) is 7.75. The summed E-state index contributed by atoms with van der Waals surface area (Å²) in [5.74, 6) is 2.19. The normalized spacial score (nSPS) is 14.2. The van der Waals surface area contributed by atoms with Crippen molar-refractivity contribution in [2.75, 3.05) is 24.0 Å².